The molecule has 1 aromatic heterocycles. The first-order valence-corrected chi connectivity index (χ1v) is 3.41. The van der Waals surface area contributed by atoms with Gasteiger partial charge >= 0.3 is 5.97 Å². The third-order valence-corrected chi connectivity index (χ3v) is 1.05. The second kappa shape index (κ2) is 4.23. The fourth-order valence-corrected chi connectivity index (χ4v) is 0.607. The number of hydrogen-bond donors (Lipinski definition) is 0. The summed E-state index contributed by atoms with van der Waals surface area (Å²) in [6.07, 6.45) is 3.01. The maximum absolute atomic E-state index is 10.3. The highest BCUT2D eigenvalue weighted by Gasteiger charge is 1.88. The minimum absolute atomic E-state index is 0.442. The first-order chi connectivity index (χ1) is 5.79. The molecule has 4 heteroatoms. The normalized spacial score (nSPS) is 10.1. The van der Waals surface area contributed by atoms with Crippen LogP contribution in [0.2, 0.25) is 0 Å². The molecule has 0 aliphatic rings. The van der Waals surface area contributed by atoms with Gasteiger partial charge < -0.3 is 4.84 Å². The number of oxime groups is 1. The van der Waals surface area contributed by atoms with Gasteiger partial charge in [-0.2, -0.15) is 0 Å². The zero-order valence-electron chi connectivity index (χ0n) is 6.60. The van der Waals surface area contributed by atoms with Gasteiger partial charge in [0, 0.05) is 13.1 Å². The lowest BCUT2D eigenvalue weighted by molar-refractivity contribution is -0.140. The quantitative estimate of drug-likeness (QED) is 0.372. The summed E-state index contributed by atoms with van der Waals surface area (Å²) in [7, 11) is 0. The largest absolute Gasteiger partial charge is 0.331 e. The van der Waals surface area contributed by atoms with Crippen molar-refractivity contribution in [3.63, 3.8) is 0 Å². The predicted molar refractivity (Wildman–Crippen MR) is 43.6 cm³/mol. The van der Waals surface area contributed by atoms with Crippen LogP contribution in [0.4, 0.5) is 0 Å². The lowest BCUT2D eigenvalue weighted by Crippen LogP contribution is -1.92. The van der Waals surface area contributed by atoms with Crippen molar-refractivity contribution < 1.29 is 9.63 Å². The van der Waals surface area contributed by atoms with Crippen LogP contribution in [0.3, 0.4) is 0 Å². The highest BCUT2D eigenvalue weighted by Crippen LogP contribution is 1.88. The van der Waals surface area contributed by atoms with Gasteiger partial charge in [0.25, 0.3) is 0 Å². The molecule has 1 aromatic rings. The summed E-state index contributed by atoms with van der Waals surface area (Å²) in [6.45, 7) is 1.29. The maximum Gasteiger partial charge on any atom is 0.331 e. The molecule has 0 aliphatic heterocycles. The maximum atomic E-state index is 10.3. The van der Waals surface area contributed by atoms with E-state index in [2.05, 4.69) is 15.0 Å². The molecule has 0 radical (unpaired) electrons. The van der Waals surface area contributed by atoms with E-state index < -0.39 is 5.97 Å². The van der Waals surface area contributed by atoms with Gasteiger partial charge in [0.2, 0.25) is 0 Å². The topological polar surface area (TPSA) is 51.5 Å². The average molecular weight is 164 g/mol. The Morgan fingerprint density at radius 3 is 3.08 bits per heavy atom. The Morgan fingerprint density at radius 1 is 1.67 bits per heavy atom. The van der Waals surface area contributed by atoms with E-state index in [0.717, 1.165) is 0 Å². The van der Waals surface area contributed by atoms with Crippen molar-refractivity contribution in [1.82, 2.24) is 4.98 Å². The summed E-state index contributed by atoms with van der Waals surface area (Å²) in [5, 5.41) is 3.40. The Kier molecular flexibility index (Phi) is 2.95. The third kappa shape index (κ3) is 2.92. The first-order valence-electron chi connectivity index (χ1n) is 3.41. The summed E-state index contributed by atoms with van der Waals surface area (Å²) in [4.78, 5) is 18.5. The van der Waals surface area contributed by atoms with Gasteiger partial charge in [-0.05, 0) is 12.1 Å². The number of aromatic nitrogens is 1. The van der Waals surface area contributed by atoms with Crippen LogP contribution < -0.4 is 0 Å². The molecule has 1 heterocycles. The summed E-state index contributed by atoms with van der Waals surface area (Å²) >= 11 is 0. The first kappa shape index (κ1) is 8.39. The Labute approximate surface area is 69.9 Å². The summed E-state index contributed by atoms with van der Waals surface area (Å²) < 4.78 is 0. The molecule has 0 fully saturated rings. The van der Waals surface area contributed by atoms with Crippen molar-refractivity contribution in [1.29, 1.82) is 0 Å². The van der Waals surface area contributed by atoms with Crippen LogP contribution in [-0.2, 0) is 9.63 Å². The van der Waals surface area contributed by atoms with Crippen molar-refractivity contribution in [2.75, 3.05) is 0 Å². The van der Waals surface area contributed by atoms with Gasteiger partial charge in [-0.1, -0.05) is 11.2 Å². The van der Waals surface area contributed by atoms with E-state index in [0.29, 0.717) is 5.69 Å². The summed E-state index contributed by atoms with van der Waals surface area (Å²) in [6, 6.07) is 5.37. The fraction of sp³-hybridized carbons (Fsp3) is 0.125. The van der Waals surface area contributed by atoms with Gasteiger partial charge in [0.15, 0.2) is 0 Å². The van der Waals surface area contributed by atoms with E-state index in [1.807, 2.05) is 6.07 Å². The SMILES string of the molecule is CC(=O)O/N=C\c1ccccn1. The zero-order chi connectivity index (χ0) is 8.81. The minimum atomic E-state index is -0.442. The second-order valence-electron chi connectivity index (χ2n) is 2.07. The molecule has 0 saturated heterocycles. The number of pyridine rings is 1. The Hall–Kier alpha value is -1.71. The van der Waals surface area contributed by atoms with Gasteiger partial charge in [0.1, 0.15) is 0 Å². The number of carbonyl (C=O) groups excluding carboxylic acids is 1. The average Bonchev–Trinajstić information content (AvgIpc) is 2.05. The van der Waals surface area contributed by atoms with Crippen LogP contribution in [0.25, 0.3) is 0 Å². The molecule has 0 spiro atoms. The molecule has 0 unspecified atom stereocenters. The lowest BCUT2D eigenvalue weighted by Gasteiger charge is -1.89. The molecule has 0 atom stereocenters. The predicted octanol–water partition coefficient (Wildman–Crippen LogP) is 0.979. The molecule has 0 amide bonds. The standard InChI is InChI=1S/C8H8N2O2/c1-7(11)12-10-6-8-4-2-3-5-9-8/h2-6H,1H3/b10-6-. The van der Waals surface area contributed by atoms with Crippen LogP contribution in [0.5, 0.6) is 0 Å². The molecule has 1 rings (SSSR count). The van der Waals surface area contributed by atoms with Gasteiger partial charge in [-0.3, -0.25) is 4.98 Å². The van der Waals surface area contributed by atoms with E-state index in [1.54, 1.807) is 18.3 Å². The minimum Gasteiger partial charge on any atom is -0.319 e. The molecule has 0 aromatic carbocycles. The van der Waals surface area contributed by atoms with E-state index in [9.17, 15) is 4.79 Å². The van der Waals surface area contributed by atoms with Crippen LogP contribution in [0.1, 0.15) is 12.6 Å². The Bertz CT molecular complexity index is 282. The molecule has 4 nitrogen and oxygen atoms in total. The highest BCUT2D eigenvalue weighted by molar-refractivity contribution is 5.77. The lowest BCUT2D eigenvalue weighted by atomic mass is 10.4. The molecular formula is C8H8N2O2. The highest BCUT2D eigenvalue weighted by atomic mass is 16.7. The van der Waals surface area contributed by atoms with Crippen LogP contribution in [0, 0.1) is 0 Å². The third-order valence-electron chi connectivity index (χ3n) is 1.05. The molecule has 62 valence electrons. The molecular weight excluding hydrogens is 156 g/mol. The zero-order valence-corrected chi connectivity index (χ0v) is 6.60. The van der Waals surface area contributed by atoms with Crippen LogP contribution in [0.15, 0.2) is 29.6 Å². The molecule has 0 bridgehead atoms. The molecule has 0 saturated carbocycles. The Balaban J connectivity index is 2.52. The van der Waals surface area contributed by atoms with Crippen molar-refractivity contribution >= 4 is 12.2 Å². The van der Waals surface area contributed by atoms with E-state index in [-0.39, 0.29) is 0 Å². The van der Waals surface area contributed by atoms with Gasteiger partial charge in [0.05, 0.1) is 11.9 Å². The summed E-state index contributed by atoms with van der Waals surface area (Å²) in [5.41, 5.74) is 0.652. The van der Waals surface area contributed by atoms with Gasteiger partial charge in [-0.15, -0.1) is 0 Å². The molecule has 12 heavy (non-hydrogen) atoms. The van der Waals surface area contributed by atoms with E-state index >= 15 is 0 Å². The van der Waals surface area contributed by atoms with Crippen LogP contribution >= 0.6 is 0 Å². The van der Waals surface area contributed by atoms with Crippen molar-refractivity contribution in [3.8, 4) is 0 Å². The fourth-order valence-electron chi connectivity index (χ4n) is 0.607. The number of rotatable bonds is 2. The van der Waals surface area contributed by atoms with Crippen molar-refractivity contribution in [2.45, 2.75) is 6.92 Å². The smallest absolute Gasteiger partial charge is 0.319 e. The van der Waals surface area contributed by atoms with E-state index in [1.165, 1.54) is 13.1 Å². The van der Waals surface area contributed by atoms with E-state index in [4.69, 9.17) is 0 Å². The summed E-state index contributed by atoms with van der Waals surface area (Å²) in [5.74, 6) is -0.442. The van der Waals surface area contributed by atoms with Crippen LogP contribution in [-0.4, -0.2) is 17.2 Å². The van der Waals surface area contributed by atoms with Crippen molar-refractivity contribution in [3.05, 3.63) is 30.1 Å². The second-order valence-corrected chi connectivity index (χ2v) is 2.07. The monoisotopic (exact) mass is 164 g/mol. The molecule has 0 N–H and O–H groups in total. The van der Waals surface area contributed by atoms with Crippen molar-refractivity contribution in [2.24, 2.45) is 5.16 Å². The number of hydrogen-bond acceptors (Lipinski definition) is 4. The number of nitrogens with zero attached hydrogens (tertiary/aromatic N) is 2. The van der Waals surface area contributed by atoms with Gasteiger partial charge in [-0.25, -0.2) is 4.79 Å². The molecule has 0 aliphatic carbocycles. The number of carbonyl (C=O) groups is 1. The Morgan fingerprint density at radius 2 is 2.50 bits per heavy atom.